The Hall–Kier alpha value is 0. The molecule has 38 valence electrons. The van der Waals surface area contributed by atoms with Crippen LogP contribution in [-0.4, -0.2) is 0 Å². The molecular formula is C6H14. The topological polar surface area (TPSA) is 0 Å². The Morgan fingerprint density at radius 2 is 1.17 bits per heavy atom. The monoisotopic (exact) mass is 87.1 g/mol. The van der Waals surface area contributed by atoms with Crippen molar-refractivity contribution in [2.45, 2.75) is 39.5 Å². The summed E-state index contributed by atoms with van der Waals surface area (Å²) >= 11 is 0. The zero-order valence-electron chi connectivity index (χ0n) is 4.83. The minimum absolute atomic E-state index is 1.36. The van der Waals surface area contributed by atoms with Crippen molar-refractivity contribution in [1.29, 1.82) is 0 Å². The molecule has 0 amide bonds. The molecule has 0 fully saturated rings. The Morgan fingerprint density at radius 1 is 0.833 bits per heavy atom. The second-order valence-corrected chi connectivity index (χ2v) is 1.71. The average molecular weight is 87.2 g/mol. The van der Waals surface area contributed by atoms with Gasteiger partial charge in [-0.2, -0.15) is 0 Å². The van der Waals surface area contributed by atoms with Gasteiger partial charge in [-0.25, -0.2) is 0 Å². The molecule has 0 aliphatic heterocycles. The minimum Gasteiger partial charge on any atom is -0.0654 e. The van der Waals surface area contributed by atoms with Gasteiger partial charge < -0.3 is 0 Å². The Bertz CT molecular complexity index is 12.0. The maximum atomic E-state index is 2.23. The lowest BCUT2D eigenvalue weighted by molar-refractivity contribution is 0.702. The Balaban J connectivity index is 2.34. The predicted molar refractivity (Wildman–Crippen MR) is 29.8 cm³/mol. The summed E-state index contributed by atoms with van der Waals surface area (Å²) in [5.41, 5.74) is 0. The number of rotatable bonds is 3. The highest BCUT2D eigenvalue weighted by atomic mass is 14.0. The van der Waals surface area contributed by atoms with Crippen molar-refractivity contribution in [2.24, 2.45) is 0 Å². The molecule has 0 aromatic carbocycles. The van der Waals surface area contributed by atoms with Crippen molar-refractivity contribution in [3.05, 3.63) is 0 Å². The van der Waals surface area contributed by atoms with Gasteiger partial charge in [-0.15, -0.1) is 0 Å². The summed E-state index contributed by atoms with van der Waals surface area (Å²) in [5.74, 6) is 0. The lowest BCUT2D eigenvalue weighted by atomic mass is 10.2. The molecule has 0 N–H and O–H groups in total. The summed E-state index contributed by atoms with van der Waals surface area (Å²) in [5, 5.41) is 0. The normalized spacial score (nSPS) is 9.00. The van der Waals surface area contributed by atoms with Gasteiger partial charge in [0.25, 0.3) is 0 Å². The molecule has 0 radical (unpaired) electrons. The average Bonchev–Trinajstić information content (AvgIpc) is 1.61. The van der Waals surface area contributed by atoms with Gasteiger partial charge >= 0.3 is 0 Å². The first-order chi connectivity index (χ1) is 2.91. The van der Waals surface area contributed by atoms with Crippen LogP contribution in [0.2, 0.25) is 0 Å². The van der Waals surface area contributed by atoms with Crippen LogP contribution in [0.25, 0.3) is 0 Å². The van der Waals surface area contributed by atoms with E-state index in [9.17, 15) is 0 Å². The van der Waals surface area contributed by atoms with Crippen LogP contribution in [0.4, 0.5) is 0 Å². The van der Waals surface area contributed by atoms with E-state index in [0.717, 1.165) is 0 Å². The minimum atomic E-state index is 1.36. The highest BCUT2D eigenvalue weighted by molar-refractivity contribution is 4.31. The third kappa shape index (κ3) is 4.00. The standard InChI is InChI=1S/C6H14/c1-3-5-6-4-2/h3-6H2,1-2H3/i1+1. The van der Waals surface area contributed by atoms with Crippen LogP contribution in [-0.2, 0) is 0 Å². The van der Waals surface area contributed by atoms with Gasteiger partial charge in [0.05, 0.1) is 0 Å². The van der Waals surface area contributed by atoms with E-state index in [1.807, 2.05) is 0 Å². The first-order valence-electron chi connectivity index (χ1n) is 2.91. The molecular weight excluding hydrogens is 73.1 g/mol. The van der Waals surface area contributed by atoms with Gasteiger partial charge in [0.15, 0.2) is 0 Å². The van der Waals surface area contributed by atoms with Gasteiger partial charge in [0.2, 0.25) is 0 Å². The molecule has 0 saturated heterocycles. The highest BCUT2D eigenvalue weighted by Crippen LogP contribution is 1.95. The lowest BCUT2D eigenvalue weighted by Gasteiger charge is -1.86. The molecule has 0 unspecified atom stereocenters. The number of hydrogen-bond acceptors (Lipinski definition) is 0. The van der Waals surface area contributed by atoms with Crippen LogP contribution in [0.15, 0.2) is 0 Å². The van der Waals surface area contributed by atoms with E-state index in [0.29, 0.717) is 0 Å². The zero-order chi connectivity index (χ0) is 4.83. The third-order valence-electron chi connectivity index (χ3n) is 0.957. The maximum absolute atomic E-state index is 2.23. The first-order valence-corrected chi connectivity index (χ1v) is 2.91. The second kappa shape index (κ2) is 5.00. The van der Waals surface area contributed by atoms with Crippen molar-refractivity contribution in [1.82, 2.24) is 0 Å². The maximum Gasteiger partial charge on any atom is -0.0536 e. The summed E-state index contributed by atoms with van der Waals surface area (Å²) < 4.78 is 0. The molecule has 0 rings (SSSR count). The quantitative estimate of drug-likeness (QED) is 0.366. The summed E-state index contributed by atoms with van der Waals surface area (Å²) in [6.45, 7) is 4.46. The van der Waals surface area contributed by atoms with E-state index in [1.54, 1.807) is 0 Å². The van der Waals surface area contributed by atoms with E-state index < -0.39 is 0 Å². The van der Waals surface area contributed by atoms with E-state index in [-0.39, 0.29) is 0 Å². The van der Waals surface area contributed by atoms with Gasteiger partial charge in [0, 0.05) is 0 Å². The molecule has 0 aromatic heterocycles. The lowest BCUT2D eigenvalue weighted by Crippen LogP contribution is -1.66. The van der Waals surface area contributed by atoms with E-state index in [4.69, 9.17) is 0 Å². The van der Waals surface area contributed by atoms with Crippen molar-refractivity contribution < 1.29 is 0 Å². The van der Waals surface area contributed by atoms with E-state index in [2.05, 4.69) is 13.8 Å². The summed E-state index contributed by atoms with van der Waals surface area (Å²) in [7, 11) is 0. The van der Waals surface area contributed by atoms with Crippen LogP contribution in [0.3, 0.4) is 0 Å². The molecule has 0 heteroatoms. The third-order valence-corrected chi connectivity index (χ3v) is 0.957. The van der Waals surface area contributed by atoms with Crippen LogP contribution in [0, 0.1) is 0 Å². The molecule has 0 aliphatic rings. The molecule has 0 nitrogen and oxygen atoms in total. The molecule has 6 heavy (non-hydrogen) atoms. The Morgan fingerprint density at radius 3 is 1.33 bits per heavy atom. The smallest absolute Gasteiger partial charge is 0.0536 e. The fraction of sp³-hybridized carbons (Fsp3) is 1.00. The summed E-state index contributed by atoms with van der Waals surface area (Å²) in [4.78, 5) is 0. The highest BCUT2D eigenvalue weighted by Gasteiger charge is 1.75. The first kappa shape index (κ1) is 6.00. The molecule has 0 heterocycles. The largest absolute Gasteiger partial charge is 0.0654 e. The summed E-state index contributed by atoms with van der Waals surface area (Å²) in [6.07, 6.45) is 5.54. The molecule has 0 aliphatic carbocycles. The van der Waals surface area contributed by atoms with Crippen molar-refractivity contribution >= 4 is 0 Å². The zero-order valence-corrected chi connectivity index (χ0v) is 4.83. The van der Waals surface area contributed by atoms with Crippen LogP contribution >= 0.6 is 0 Å². The SMILES string of the molecule is CCCCC[13CH3]. The Kier molecular flexibility index (Phi) is 5.00. The molecule has 0 saturated carbocycles. The Labute approximate surface area is 40.6 Å². The fourth-order valence-electron chi connectivity index (χ4n) is 0.500. The molecule has 0 aromatic rings. The number of hydrogen-bond donors (Lipinski definition) is 0. The fourth-order valence-corrected chi connectivity index (χ4v) is 0.500. The van der Waals surface area contributed by atoms with Crippen molar-refractivity contribution in [3.8, 4) is 0 Å². The van der Waals surface area contributed by atoms with Gasteiger partial charge in [-0.05, 0) is 0 Å². The molecule has 0 spiro atoms. The van der Waals surface area contributed by atoms with E-state index >= 15 is 0 Å². The van der Waals surface area contributed by atoms with Crippen molar-refractivity contribution in [2.75, 3.05) is 0 Å². The van der Waals surface area contributed by atoms with Gasteiger partial charge in [-0.1, -0.05) is 39.5 Å². The number of unbranched alkanes of at least 4 members (excludes halogenated alkanes) is 3. The molecule has 0 bridgehead atoms. The van der Waals surface area contributed by atoms with Crippen LogP contribution < -0.4 is 0 Å². The summed E-state index contributed by atoms with van der Waals surface area (Å²) in [6, 6.07) is 0. The van der Waals surface area contributed by atoms with E-state index in [1.165, 1.54) is 25.7 Å². The van der Waals surface area contributed by atoms with Crippen LogP contribution in [0.1, 0.15) is 39.5 Å². The van der Waals surface area contributed by atoms with Gasteiger partial charge in [0.1, 0.15) is 0 Å². The van der Waals surface area contributed by atoms with Crippen molar-refractivity contribution in [3.63, 3.8) is 0 Å². The van der Waals surface area contributed by atoms with Crippen LogP contribution in [0.5, 0.6) is 0 Å². The van der Waals surface area contributed by atoms with Gasteiger partial charge in [-0.3, -0.25) is 0 Å². The molecule has 0 atom stereocenters. The second-order valence-electron chi connectivity index (χ2n) is 1.71. The predicted octanol–water partition coefficient (Wildman–Crippen LogP) is 2.59.